The van der Waals surface area contributed by atoms with E-state index in [2.05, 4.69) is 15.6 Å². The molecule has 6 nitrogen and oxygen atoms in total. The lowest BCUT2D eigenvalue weighted by Crippen LogP contribution is -2.32. The molecule has 0 bridgehead atoms. The minimum atomic E-state index is -5.36. The van der Waals surface area contributed by atoms with Crippen molar-refractivity contribution in [2.75, 3.05) is 12.4 Å². The number of anilines is 1. The Hall–Kier alpha value is -3.41. The zero-order chi connectivity index (χ0) is 28.8. The topological polar surface area (TPSA) is 80.2 Å². The maximum Gasteiger partial charge on any atom is 0.504 e. The van der Waals surface area contributed by atoms with Crippen LogP contribution in [0.4, 0.5) is 23.2 Å². The van der Waals surface area contributed by atoms with Crippen molar-refractivity contribution in [2.24, 2.45) is 0 Å². The Labute approximate surface area is 225 Å². The molecule has 11 heteroatoms. The van der Waals surface area contributed by atoms with Gasteiger partial charge in [-0.3, -0.25) is 9.11 Å². The van der Waals surface area contributed by atoms with E-state index in [4.69, 9.17) is 9.47 Å². The Kier molecular flexibility index (Phi) is 7.54. The molecule has 4 rings (SSSR count). The van der Waals surface area contributed by atoms with Gasteiger partial charge in [0.2, 0.25) is 10.9 Å². The van der Waals surface area contributed by atoms with Crippen molar-refractivity contribution in [1.29, 1.82) is 0 Å². The predicted molar refractivity (Wildman–Crippen MR) is 145 cm³/mol. The van der Waals surface area contributed by atoms with Gasteiger partial charge >= 0.3 is 5.51 Å². The van der Waals surface area contributed by atoms with Crippen molar-refractivity contribution in [3.8, 4) is 28.4 Å². The molecule has 0 spiro atoms. The van der Waals surface area contributed by atoms with E-state index in [0.29, 0.717) is 16.9 Å². The highest BCUT2D eigenvalue weighted by atomic mass is 32.3. The fourth-order valence-electron chi connectivity index (χ4n) is 4.61. The maximum absolute atomic E-state index is 13.9. The summed E-state index contributed by atoms with van der Waals surface area (Å²) in [4.78, 5) is 0. The molecule has 39 heavy (non-hydrogen) atoms. The average Bonchev–Trinajstić information content (AvgIpc) is 2.82. The molecular weight excluding hydrogens is 538 g/mol. The molecule has 1 aliphatic heterocycles. The molecule has 1 aliphatic rings. The van der Waals surface area contributed by atoms with Gasteiger partial charge < -0.3 is 19.0 Å². The van der Waals surface area contributed by atoms with Gasteiger partial charge in [-0.15, -0.1) is 0 Å². The SMILES string of the molecule is COc1cc(OS(O)(O)C(F)(F)F)ccc1-c1ccc2c(c1COc1cc(F)ccc1C)C(C)=CC(C)(C)N2. The van der Waals surface area contributed by atoms with E-state index in [-0.39, 0.29) is 17.9 Å². The van der Waals surface area contributed by atoms with Gasteiger partial charge in [0.15, 0.2) is 0 Å². The number of methoxy groups -OCH3 is 1. The minimum absolute atomic E-state index is 0.0477. The fourth-order valence-corrected chi connectivity index (χ4v) is 5.07. The molecule has 3 N–H and O–H groups in total. The molecule has 0 aromatic heterocycles. The van der Waals surface area contributed by atoms with E-state index < -0.39 is 27.9 Å². The molecule has 1 heterocycles. The van der Waals surface area contributed by atoms with Crippen molar-refractivity contribution in [3.05, 3.63) is 77.1 Å². The third-order valence-corrected chi connectivity index (χ3v) is 7.27. The Balaban J connectivity index is 1.83. The van der Waals surface area contributed by atoms with Crippen LogP contribution in [0.15, 0.2) is 54.6 Å². The van der Waals surface area contributed by atoms with E-state index in [1.807, 2.05) is 32.9 Å². The van der Waals surface area contributed by atoms with E-state index in [9.17, 15) is 26.7 Å². The Morgan fingerprint density at radius 1 is 0.949 bits per heavy atom. The van der Waals surface area contributed by atoms with Crippen LogP contribution in [0.25, 0.3) is 16.7 Å². The lowest BCUT2D eigenvalue weighted by molar-refractivity contribution is -0.0612. The smallest absolute Gasteiger partial charge is 0.496 e. The number of allylic oxidation sites excluding steroid dienone is 1. The van der Waals surface area contributed by atoms with Crippen LogP contribution in [0.2, 0.25) is 0 Å². The third kappa shape index (κ3) is 5.95. The number of benzene rings is 3. The van der Waals surface area contributed by atoms with Crippen LogP contribution >= 0.6 is 10.9 Å². The lowest BCUT2D eigenvalue weighted by Gasteiger charge is -2.33. The van der Waals surface area contributed by atoms with Gasteiger partial charge in [0.1, 0.15) is 29.7 Å². The first-order valence-corrected chi connectivity index (χ1v) is 13.3. The summed E-state index contributed by atoms with van der Waals surface area (Å²) < 4.78 is 87.7. The lowest BCUT2D eigenvalue weighted by atomic mass is 9.85. The summed E-state index contributed by atoms with van der Waals surface area (Å²) in [6.07, 6.45) is 2.08. The monoisotopic (exact) mass is 567 g/mol. The standard InChI is InChI=1S/C28H29F4NO5S/c1-16-6-7-18(29)12-24(16)37-15-22-20(10-11-23-26(22)17(2)14-27(3,4)33-23)21-9-8-19(13-25(21)36-5)38-39(34,35)28(30,31)32/h6-14,33-35H,15H2,1-5H3. The minimum Gasteiger partial charge on any atom is -0.496 e. The second kappa shape index (κ2) is 10.3. The first-order chi connectivity index (χ1) is 18.1. The fraction of sp³-hybridized carbons (Fsp3) is 0.286. The number of fused-ring (bicyclic) bond motifs is 1. The summed E-state index contributed by atoms with van der Waals surface area (Å²) in [5.41, 5.74) is -0.326. The molecule has 0 radical (unpaired) electrons. The highest BCUT2D eigenvalue weighted by Gasteiger charge is 2.52. The van der Waals surface area contributed by atoms with Gasteiger partial charge in [-0.1, -0.05) is 18.2 Å². The van der Waals surface area contributed by atoms with Crippen molar-refractivity contribution in [1.82, 2.24) is 0 Å². The van der Waals surface area contributed by atoms with Crippen LogP contribution in [0, 0.1) is 12.7 Å². The molecule has 0 aliphatic carbocycles. The molecule has 0 fully saturated rings. The van der Waals surface area contributed by atoms with Crippen molar-refractivity contribution in [2.45, 2.75) is 45.3 Å². The summed E-state index contributed by atoms with van der Waals surface area (Å²) in [6, 6.07) is 11.8. The molecule has 0 saturated carbocycles. The van der Waals surface area contributed by atoms with Crippen molar-refractivity contribution >= 4 is 22.1 Å². The highest BCUT2D eigenvalue weighted by Crippen LogP contribution is 2.56. The second-order valence-corrected chi connectivity index (χ2v) is 11.4. The van der Waals surface area contributed by atoms with E-state index >= 15 is 0 Å². The molecule has 3 aromatic carbocycles. The number of alkyl halides is 3. The molecule has 0 saturated heterocycles. The Bertz CT molecular complexity index is 1440. The molecule has 210 valence electrons. The summed E-state index contributed by atoms with van der Waals surface area (Å²) in [6.45, 7) is 7.89. The predicted octanol–water partition coefficient (Wildman–Crippen LogP) is 8.56. The van der Waals surface area contributed by atoms with Gasteiger partial charge in [0, 0.05) is 34.5 Å². The van der Waals surface area contributed by atoms with Crippen molar-refractivity contribution in [3.63, 3.8) is 0 Å². The quantitative estimate of drug-likeness (QED) is 0.248. The first-order valence-electron chi connectivity index (χ1n) is 11.9. The Morgan fingerprint density at radius 2 is 1.64 bits per heavy atom. The molecular formula is C28H29F4NO5S. The van der Waals surface area contributed by atoms with Crippen LogP contribution < -0.4 is 19.0 Å². The summed E-state index contributed by atoms with van der Waals surface area (Å²) in [7, 11) is -4.02. The van der Waals surface area contributed by atoms with Gasteiger partial charge in [0.25, 0.3) is 0 Å². The number of halogens is 4. The molecule has 0 amide bonds. The van der Waals surface area contributed by atoms with Crippen LogP contribution in [-0.2, 0) is 6.61 Å². The van der Waals surface area contributed by atoms with Crippen molar-refractivity contribution < 1.29 is 40.3 Å². The summed E-state index contributed by atoms with van der Waals surface area (Å²) in [5.74, 6) is -0.359. The Morgan fingerprint density at radius 3 is 2.31 bits per heavy atom. The number of rotatable bonds is 7. The molecule has 3 aromatic rings. The molecule has 0 atom stereocenters. The van der Waals surface area contributed by atoms with Gasteiger partial charge in [-0.05, 0) is 68.7 Å². The number of hydrogen-bond acceptors (Lipinski definition) is 6. The van der Waals surface area contributed by atoms with Crippen LogP contribution in [-0.4, -0.2) is 27.3 Å². The maximum atomic E-state index is 13.9. The van der Waals surface area contributed by atoms with Crippen LogP contribution in [0.5, 0.6) is 17.2 Å². The average molecular weight is 568 g/mol. The second-order valence-electron chi connectivity index (χ2n) is 9.77. The normalized spacial score (nSPS) is 15.1. The van der Waals surface area contributed by atoms with Crippen LogP contribution in [0.1, 0.15) is 37.5 Å². The van der Waals surface area contributed by atoms with E-state index in [1.54, 1.807) is 13.0 Å². The number of aryl methyl sites for hydroxylation is 1. The van der Waals surface area contributed by atoms with Gasteiger partial charge in [0.05, 0.1) is 12.6 Å². The van der Waals surface area contributed by atoms with E-state index in [1.165, 1.54) is 31.4 Å². The summed E-state index contributed by atoms with van der Waals surface area (Å²) in [5, 5.41) is 3.48. The zero-order valence-corrected chi connectivity index (χ0v) is 22.8. The number of nitrogens with one attached hydrogen (secondary N) is 1. The first kappa shape index (κ1) is 28.6. The van der Waals surface area contributed by atoms with Gasteiger partial charge in [-0.25, -0.2) is 4.39 Å². The molecule has 0 unspecified atom stereocenters. The number of hydrogen-bond donors (Lipinski definition) is 3. The highest BCUT2D eigenvalue weighted by molar-refractivity contribution is 8.21. The zero-order valence-electron chi connectivity index (χ0n) is 21.9. The third-order valence-electron chi connectivity index (χ3n) is 6.24. The van der Waals surface area contributed by atoms with Crippen LogP contribution in [0.3, 0.4) is 0 Å². The summed E-state index contributed by atoms with van der Waals surface area (Å²) >= 11 is 0. The largest absolute Gasteiger partial charge is 0.504 e. The number of ether oxygens (including phenoxy) is 2. The van der Waals surface area contributed by atoms with Gasteiger partial charge in [-0.2, -0.15) is 13.2 Å². The van der Waals surface area contributed by atoms with E-state index in [0.717, 1.165) is 34.0 Å².